The number of anilines is 1. The zero-order chi connectivity index (χ0) is 22.8. The molecule has 0 aliphatic carbocycles. The van der Waals surface area contributed by atoms with Gasteiger partial charge in [-0.3, -0.25) is 24.5 Å². The molecule has 1 aromatic rings. The Bertz CT molecular complexity index is 921. The molecule has 32 heavy (non-hydrogen) atoms. The van der Waals surface area contributed by atoms with Crippen molar-refractivity contribution in [3.05, 3.63) is 23.4 Å². The number of nitrogens with zero attached hydrogens (tertiary/aromatic N) is 3. The predicted molar refractivity (Wildman–Crippen MR) is 118 cm³/mol. The second kappa shape index (κ2) is 9.26. The molecule has 0 radical (unpaired) electrons. The number of nitrogens with one attached hydrogen (secondary N) is 2. The monoisotopic (exact) mass is 441 g/mol. The number of carbonyl (C=O) groups is 4. The standard InChI is InChI=1S/C23H31N5O4/c1-3-14(4-2)21(30)24-16-9-11-27(12-10-16)18-7-5-15-13-28(23(32)20(15)25-18)17-6-8-19(29)26-22(17)31/h5,7,14,16-17H,3-4,6,8-13H2,1-2H3,(H,24,30)(H,26,29,31). The maximum Gasteiger partial charge on any atom is 0.273 e. The lowest BCUT2D eigenvalue weighted by Gasteiger charge is -2.34. The summed E-state index contributed by atoms with van der Waals surface area (Å²) in [6.07, 6.45) is 3.95. The van der Waals surface area contributed by atoms with Crippen LogP contribution in [-0.2, 0) is 20.9 Å². The van der Waals surface area contributed by atoms with E-state index in [1.807, 2.05) is 26.0 Å². The summed E-state index contributed by atoms with van der Waals surface area (Å²) >= 11 is 0. The number of carbonyl (C=O) groups excluding carboxylic acids is 4. The highest BCUT2D eigenvalue weighted by Crippen LogP contribution is 2.29. The molecule has 0 bridgehead atoms. The molecule has 0 saturated carbocycles. The van der Waals surface area contributed by atoms with E-state index < -0.39 is 11.9 Å². The Morgan fingerprint density at radius 3 is 2.53 bits per heavy atom. The highest BCUT2D eigenvalue weighted by molar-refractivity contribution is 6.04. The lowest BCUT2D eigenvalue weighted by molar-refractivity contribution is -0.137. The third-order valence-electron chi connectivity index (χ3n) is 6.88. The van der Waals surface area contributed by atoms with E-state index in [9.17, 15) is 19.2 Å². The molecule has 1 aromatic heterocycles. The van der Waals surface area contributed by atoms with Crippen molar-refractivity contribution in [1.29, 1.82) is 0 Å². The highest BCUT2D eigenvalue weighted by atomic mass is 16.2. The van der Waals surface area contributed by atoms with Crippen LogP contribution in [0.15, 0.2) is 12.1 Å². The van der Waals surface area contributed by atoms with Gasteiger partial charge < -0.3 is 15.1 Å². The minimum absolute atomic E-state index is 0.0738. The van der Waals surface area contributed by atoms with Gasteiger partial charge in [0.1, 0.15) is 17.6 Å². The van der Waals surface area contributed by atoms with Crippen LogP contribution in [-0.4, -0.2) is 58.7 Å². The van der Waals surface area contributed by atoms with Gasteiger partial charge >= 0.3 is 0 Å². The van der Waals surface area contributed by atoms with Crippen LogP contribution in [0.25, 0.3) is 0 Å². The maximum atomic E-state index is 13.0. The van der Waals surface area contributed by atoms with Crippen LogP contribution < -0.4 is 15.5 Å². The molecule has 1 unspecified atom stereocenters. The van der Waals surface area contributed by atoms with Gasteiger partial charge in [0, 0.05) is 43.6 Å². The van der Waals surface area contributed by atoms with Crippen LogP contribution in [0.2, 0.25) is 0 Å². The summed E-state index contributed by atoms with van der Waals surface area (Å²) in [5.41, 5.74) is 1.19. The van der Waals surface area contributed by atoms with Crippen molar-refractivity contribution in [2.45, 2.75) is 71.0 Å². The Morgan fingerprint density at radius 2 is 1.88 bits per heavy atom. The van der Waals surface area contributed by atoms with E-state index in [1.165, 1.54) is 4.90 Å². The van der Waals surface area contributed by atoms with Crippen molar-refractivity contribution in [3.63, 3.8) is 0 Å². The minimum atomic E-state index is -0.632. The third kappa shape index (κ3) is 4.33. The first-order valence-electron chi connectivity index (χ1n) is 11.6. The lowest BCUT2D eigenvalue weighted by Crippen LogP contribution is -2.52. The largest absolute Gasteiger partial charge is 0.356 e. The number of hydrogen-bond donors (Lipinski definition) is 2. The van der Waals surface area contributed by atoms with E-state index >= 15 is 0 Å². The number of hydrogen-bond acceptors (Lipinski definition) is 6. The van der Waals surface area contributed by atoms with Crippen LogP contribution in [0, 0.1) is 5.92 Å². The second-order valence-corrected chi connectivity index (χ2v) is 8.86. The SMILES string of the molecule is CCC(CC)C(=O)NC1CCN(c2ccc3c(n2)C(=O)N(C2CCC(=O)NC2=O)C3)CC1. The van der Waals surface area contributed by atoms with Gasteiger partial charge in [0.25, 0.3) is 5.91 Å². The van der Waals surface area contributed by atoms with Gasteiger partial charge in [-0.25, -0.2) is 4.98 Å². The number of imide groups is 1. The summed E-state index contributed by atoms with van der Waals surface area (Å²) in [4.78, 5) is 57.3. The first-order valence-corrected chi connectivity index (χ1v) is 11.6. The Kier molecular flexibility index (Phi) is 6.43. The number of aromatic nitrogens is 1. The molecule has 2 N–H and O–H groups in total. The van der Waals surface area contributed by atoms with E-state index in [0.29, 0.717) is 18.7 Å². The summed E-state index contributed by atoms with van der Waals surface area (Å²) in [5, 5.41) is 5.50. The van der Waals surface area contributed by atoms with Gasteiger partial charge in [-0.2, -0.15) is 0 Å². The molecule has 172 valence electrons. The molecule has 4 rings (SSSR count). The number of rotatable bonds is 6. The fraction of sp³-hybridized carbons (Fsp3) is 0.609. The molecule has 3 aliphatic heterocycles. The normalized spacial score (nSPS) is 21.7. The van der Waals surface area contributed by atoms with Crippen LogP contribution in [0.1, 0.15) is 68.4 Å². The average molecular weight is 442 g/mol. The van der Waals surface area contributed by atoms with Crippen LogP contribution in [0.4, 0.5) is 5.82 Å². The van der Waals surface area contributed by atoms with E-state index in [1.54, 1.807) is 0 Å². The molecule has 9 nitrogen and oxygen atoms in total. The molecule has 0 aromatic carbocycles. The maximum absolute atomic E-state index is 13.0. The molecule has 2 fully saturated rings. The minimum Gasteiger partial charge on any atom is -0.356 e. The molecular formula is C23H31N5O4. The van der Waals surface area contributed by atoms with Gasteiger partial charge in [-0.05, 0) is 38.2 Å². The molecule has 1 atom stereocenters. The lowest BCUT2D eigenvalue weighted by atomic mass is 9.99. The fourth-order valence-electron chi connectivity index (χ4n) is 4.82. The molecule has 2 saturated heterocycles. The van der Waals surface area contributed by atoms with E-state index in [4.69, 9.17) is 0 Å². The quantitative estimate of drug-likeness (QED) is 0.645. The van der Waals surface area contributed by atoms with Crippen molar-refractivity contribution in [3.8, 4) is 0 Å². The smallest absolute Gasteiger partial charge is 0.273 e. The zero-order valence-corrected chi connectivity index (χ0v) is 18.7. The summed E-state index contributed by atoms with van der Waals surface area (Å²) in [5.74, 6) is -0.0147. The Morgan fingerprint density at radius 1 is 1.16 bits per heavy atom. The van der Waals surface area contributed by atoms with E-state index in [2.05, 4.69) is 20.5 Å². The van der Waals surface area contributed by atoms with Crippen LogP contribution in [0.3, 0.4) is 0 Å². The summed E-state index contributed by atoms with van der Waals surface area (Å²) < 4.78 is 0. The van der Waals surface area contributed by atoms with Crippen molar-refractivity contribution in [2.75, 3.05) is 18.0 Å². The summed E-state index contributed by atoms with van der Waals surface area (Å²) in [6, 6.07) is 3.36. The van der Waals surface area contributed by atoms with Gasteiger partial charge in [-0.1, -0.05) is 19.9 Å². The van der Waals surface area contributed by atoms with Crippen LogP contribution >= 0.6 is 0 Å². The molecular weight excluding hydrogens is 410 g/mol. The average Bonchev–Trinajstić information content (AvgIpc) is 3.11. The molecule has 4 heterocycles. The Hall–Kier alpha value is -2.97. The number of piperidine rings is 2. The Balaban J connectivity index is 1.38. The van der Waals surface area contributed by atoms with E-state index in [-0.39, 0.29) is 36.1 Å². The highest BCUT2D eigenvalue weighted by Gasteiger charge is 2.40. The number of pyridine rings is 1. The number of fused-ring (bicyclic) bond motifs is 1. The molecule has 0 spiro atoms. The first kappa shape index (κ1) is 22.2. The van der Waals surface area contributed by atoms with Gasteiger partial charge in [-0.15, -0.1) is 0 Å². The topological polar surface area (TPSA) is 112 Å². The fourth-order valence-corrected chi connectivity index (χ4v) is 4.82. The van der Waals surface area contributed by atoms with Crippen molar-refractivity contribution >= 4 is 29.4 Å². The third-order valence-corrected chi connectivity index (χ3v) is 6.88. The van der Waals surface area contributed by atoms with Gasteiger partial charge in [0.05, 0.1) is 0 Å². The first-order chi connectivity index (χ1) is 15.4. The van der Waals surface area contributed by atoms with Gasteiger partial charge in [0.2, 0.25) is 17.7 Å². The summed E-state index contributed by atoms with van der Waals surface area (Å²) in [6.45, 7) is 5.92. The molecule has 3 aliphatic rings. The van der Waals surface area contributed by atoms with Crippen molar-refractivity contribution in [1.82, 2.24) is 20.5 Å². The van der Waals surface area contributed by atoms with Crippen molar-refractivity contribution in [2.24, 2.45) is 5.92 Å². The Labute approximate surface area is 187 Å². The predicted octanol–water partition coefficient (Wildman–Crippen LogP) is 1.36. The summed E-state index contributed by atoms with van der Waals surface area (Å²) in [7, 11) is 0. The van der Waals surface area contributed by atoms with Gasteiger partial charge in [0.15, 0.2) is 0 Å². The zero-order valence-electron chi connectivity index (χ0n) is 18.7. The van der Waals surface area contributed by atoms with E-state index in [0.717, 1.165) is 50.2 Å². The molecule has 9 heteroatoms. The van der Waals surface area contributed by atoms with Crippen LogP contribution in [0.5, 0.6) is 0 Å². The number of amides is 4. The second-order valence-electron chi connectivity index (χ2n) is 8.86. The van der Waals surface area contributed by atoms with Crippen molar-refractivity contribution < 1.29 is 19.2 Å². The molecule has 4 amide bonds.